The van der Waals surface area contributed by atoms with Gasteiger partial charge in [-0.2, -0.15) is 0 Å². The van der Waals surface area contributed by atoms with Crippen molar-refractivity contribution < 1.29 is 18.0 Å². The quantitative estimate of drug-likeness (QED) is 0.501. The van der Waals surface area contributed by atoms with Crippen LogP contribution in [-0.4, -0.2) is 26.3 Å². The molecule has 0 saturated heterocycles. The Balaban J connectivity index is 1.38. The van der Waals surface area contributed by atoms with E-state index in [4.69, 9.17) is 0 Å². The van der Waals surface area contributed by atoms with Gasteiger partial charge < -0.3 is 0 Å². The molecule has 3 aromatic carbocycles. The van der Waals surface area contributed by atoms with E-state index < -0.39 is 15.9 Å². The summed E-state index contributed by atoms with van der Waals surface area (Å²) >= 11 is 0. The van der Waals surface area contributed by atoms with Crippen molar-refractivity contribution in [3.05, 3.63) is 77.9 Å². The summed E-state index contributed by atoms with van der Waals surface area (Å²) in [7, 11) is -3.71. The smallest absolute Gasteiger partial charge is 0.269 e. The zero-order valence-corrected chi connectivity index (χ0v) is 18.3. The Kier molecular flexibility index (Phi) is 6.53. The predicted octanol–water partition coefficient (Wildman–Crippen LogP) is 3.06. The van der Waals surface area contributed by atoms with Crippen molar-refractivity contribution in [1.29, 1.82) is 0 Å². The minimum atomic E-state index is -3.71. The number of carbonyl (C=O) groups excluding carboxylic acids is 2. The number of sulfonamides is 1. The number of rotatable bonds is 6. The molecule has 7 nitrogen and oxygen atoms in total. The van der Waals surface area contributed by atoms with Crippen molar-refractivity contribution in [1.82, 2.24) is 15.6 Å². The van der Waals surface area contributed by atoms with Crippen LogP contribution in [0, 0.1) is 0 Å². The first-order valence-corrected chi connectivity index (χ1v) is 12.1. The Hall–Kier alpha value is -3.23. The molecule has 0 unspecified atom stereocenters. The highest BCUT2D eigenvalue weighted by molar-refractivity contribution is 7.89. The van der Waals surface area contributed by atoms with E-state index in [9.17, 15) is 18.0 Å². The van der Waals surface area contributed by atoms with Gasteiger partial charge in [0.05, 0.1) is 11.3 Å². The van der Waals surface area contributed by atoms with E-state index in [0.29, 0.717) is 0 Å². The highest BCUT2D eigenvalue weighted by Crippen LogP contribution is 2.21. The molecule has 2 amide bonds. The minimum absolute atomic E-state index is 0.0270. The van der Waals surface area contributed by atoms with Gasteiger partial charge in [-0.15, -0.1) is 0 Å². The molecule has 166 valence electrons. The Bertz CT molecular complexity index is 1250. The predicted molar refractivity (Wildman–Crippen MR) is 122 cm³/mol. The van der Waals surface area contributed by atoms with Gasteiger partial charge in [0.1, 0.15) is 0 Å². The van der Waals surface area contributed by atoms with Gasteiger partial charge in [0.2, 0.25) is 15.9 Å². The van der Waals surface area contributed by atoms with Gasteiger partial charge in [-0.3, -0.25) is 20.4 Å². The molecular weight excluding hydrogens is 426 g/mol. The largest absolute Gasteiger partial charge is 0.273 e. The normalized spacial score (nSPS) is 14.4. The fourth-order valence-corrected chi connectivity index (χ4v) is 5.35. The molecule has 0 radical (unpaired) electrons. The third-order valence-corrected chi connectivity index (χ3v) is 7.15. The lowest BCUT2D eigenvalue weighted by Gasteiger charge is -2.13. The second-order valence-corrected chi connectivity index (χ2v) is 9.66. The molecule has 0 heterocycles. The molecule has 0 aromatic heterocycles. The first-order chi connectivity index (χ1) is 15.4. The summed E-state index contributed by atoms with van der Waals surface area (Å²) < 4.78 is 28.0. The van der Waals surface area contributed by atoms with Crippen LogP contribution in [0.1, 0.15) is 41.6 Å². The van der Waals surface area contributed by atoms with Gasteiger partial charge in [0.15, 0.2) is 0 Å². The number of fused-ring (bicyclic) bond motifs is 1. The van der Waals surface area contributed by atoms with Crippen LogP contribution in [0.2, 0.25) is 0 Å². The standard InChI is InChI=1S/C24H25N3O4S/c28-23(16-18-9-5-8-17-7-1-4-14-22(17)18)25-26-24(29)19-10-6-13-21(15-19)32(30,31)27-20-11-2-3-12-20/h1,4-10,13-15,20,27H,2-3,11-12,16H2,(H,25,28)(H,26,29). The first kappa shape index (κ1) is 22.0. The molecule has 8 heteroatoms. The lowest BCUT2D eigenvalue weighted by atomic mass is 10.0. The summed E-state index contributed by atoms with van der Waals surface area (Å²) in [5.41, 5.74) is 5.76. The number of amides is 2. The molecule has 1 aliphatic rings. The van der Waals surface area contributed by atoms with Crippen LogP contribution in [0.4, 0.5) is 0 Å². The third-order valence-electron chi connectivity index (χ3n) is 5.63. The highest BCUT2D eigenvalue weighted by Gasteiger charge is 2.23. The zero-order chi connectivity index (χ0) is 22.6. The molecule has 1 fully saturated rings. The molecule has 1 aliphatic carbocycles. The third kappa shape index (κ3) is 5.15. The second-order valence-electron chi connectivity index (χ2n) is 7.95. The molecule has 0 spiro atoms. The minimum Gasteiger partial charge on any atom is -0.273 e. The molecule has 3 aromatic rings. The van der Waals surface area contributed by atoms with Crippen LogP contribution in [0.5, 0.6) is 0 Å². The summed E-state index contributed by atoms with van der Waals surface area (Å²) in [4.78, 5) is 24.9. The van der Waals surface area contributed by atoms with Gasteiger partial charge >= 0.3 is 0 Å². The summed E-state index contributed by atoms with van der Waals surface area (Å²) in [6, 6.07) is 19.2. The number of hydrazine groups is 1. The van der Waals surface area contributed by atoms with Crippen molar-refractivity contribution in [3.8, 4) is 0 Å². The van der Waals surface area contributed by atoms with E-state index in [1.165, 1.54) is 24.3 Å². The maximum atomic E-state index is 12.6. The Morgan fingerprint density at radius 2 is 1.59 bits per heavy atom. The number of nitrogens with one attached hydrogen (secondary N) is 3. The maximum Gasteiger partial charge on any atom is 0.269 e. The van der Waals surface area contributed by atoms with E-state index in [2.05, 4.69) is 15.6 Å². The molecule has 1 saturated carbocycles. The topological polar surface area (TPSA) is 104 Å². The van der Waals surface area contributed by atoms with Gasteiger partial charge in [-0.25, -0.2) is 13.1 Å². The number of benzene rings is 3. The van der Waals surface area contributed by atoms with Crippen molar-refractivity contribution in [2.75, 3.05) is 0 Å². The average Bonchev–Trinajstić information content (AvgIpc) is 3.30. The van der Waals surface area contributed by atoms with E-state index in [-0.39, 0.29) is 28.8 Å². The summed E-state index contributed by atoms with van der Waals surface area (Å²) in [6.45, 7) is 0. The van der Waals surface area contributed by atoms with Gasteiger partial charge in [0, 0.05) is 11.6 Å². The van der Waals surface area contributed by atoms with Crippen LogP contribution in [-0.2, 0) is 21.2 Å². The molecule has 4 rings (SSSR count). The molecule has 0 atom stereocenters. The molecule has 0 bridgehead atoms. The van der Waals surface area contributed by atoms with Crippen LogP contribution in [0.25, 0.3) is 10.8 Å². The maximum absolute atomic E-state index is 12.6. The SMILES string of the molecule is O=C(Cc1cccc2ccccc12)NNC(=O)c1cccc(S(=O)(=O)NC2CCCC2)c1. The Morgan fingerprint density at radius 1 is 0.875 bits per heavy atom. The average molecular weight is 452 g/mol. The van der Waals surface area contributed by atoms with E-state index in [1.807, 2.05) is 42.5 Å². The second kappa shape index (κ2) is 9.50. The fourth-order valence-electron chi connectivity index (χ4n) is 4.00. The van der Waals surface area contributed by atoms with E-state index >= 15 is 0 Å². The van der Waals surface area contributed by atoms with E-state index in [0.717, 1.165) is 42.0 Å². The van der Waals surface area contributed by atoms with Crippen molar-refractivity contribution >= 4 is 32.6 Å². The van der Waals surface area contributed by atoms with Gasteiger partial charge in [-0.1, -0.05) is 61.4 Å². The number of hydrogen-bond acceptors (Lipinski definition) is 4. The van der Waals surface area contributed by atoms with Crippen LogP contribution >= 0.6 is 0 Å². The molecule has 32 heavy (non-hydrogen) atoms. The summed E-state index contributed by atoms with van der Waals surface area (Å²) in [5, 5.41) is 2.01. The van der Waals surface area contributed by atoms with Crippen molar-refractivity contribution in [2.45, 2.75) is 43.0 Å². The van der Waals surface area contributed by atoms with Crippen LogP contribution in [0.15, 0.2) is 71.6 Å². The summed E-state index contributed by atoms with van der Waals surface area (Å²) in [5.74, 6) is -0.962. The van der Waals surface area contributed by atoms with Gasteiger partial charge in [0.25, 0.3) is 5.91 Å². The van der Waals surface area contributed by atoms with Gasteiger partial charge in [-0.05, 0) is 47.4 Å². The Labute approximate surface area is 187 Å². The Morgan fingerprint density at radius 3 is 2.41 bits per heavy atom. The molecule has 3 N–H and O–H groups in total. The summed E-state index contributed by atoms with van der Waals surface area (Å²) in [6.07, 6.45) is 3.76. The number of hydrogen-bond donors (Lipinski definition) is 3. The first-order valence-electron chi connectivity index (χ1n) is 10.6. The van der Waals surface area contributed by atoms with Crippen LogP contribution in [0.3, 0.4) is 0 Å². The lowest BCUT2D eigenvalue weighted by molar-refractivity contribution is -0.121. The highest BCUT2D eigenvalue weighted by atomic mass is 32.2. The zero-order valence-electron chi connectivity index (χ0n) is 17.5. The monoisotopic (exact) mass is 451 g/mol. The van der Waals surface area contributed by atoms with Crippen molar-refractivity contribution in [3.63, 3.8) is 0 Å². The number of carbonyl (C=O) groups is 2. The van der Waals surface area contributed by atoms with Crippen LogP contribution < -0.4 is 15.6 Å². The van der Waals surface area contributed by atoms with Crippen molar-refractivity contribution in [2.24, 2.45) is 0 Å². The lowest BCUT2D eigenvalue weighted by Crippen LogP contribution is -2.42. The van der Waals surface area contributed by atoms with E-state index in [1.54, 1.807) is 0 Å². The fraction of sp³-hybridized carbons (Fsp3) is 0.250. The molecular formula is C24H25N3O4S. The molecule has 0 aliphatic heterocycles.